The van der Waals surface area contributed by atoms with Crippen molar-refractivity contribution in [1.82, 2.24) is 20.0 Å². The molecule has 2 aromatic carbocycles. The Morgan fingerprint density at radius 1 is 1.15 bits per heavy atom. The number of rotatable bonds is 5. The van der Waals surface area contributed by atoms with Gasteiger partial charge in [-0.2, -0.15) is 5.10 Å². The van der Waals surface area contributed by atoms with Gasteiger partial charge >= 0.3 is 0 Å². The molecule has 8 heteroatoms. The van der Waals surface area contributed by atoms with Gasteiger partial charge in [-0.3, -0.25) is 14.3 Å². The summed E-state index contributed by atoms with van der Waals surface area (Å²) in [5, 5.41) is 18.3. The van der Waals surface area contributed by atoms with Crippen LogP contribution in [-0.2, 0) is 11.3 Å². The molecule has 3 aromatic rings. The molecule has 0 saturated carbocycles. The second-order valence-corrected chi connectivity index (χ2v) is 10.2. The number of β-amino-alcohol motifs (C(OH)–C–C–N with tert-alkyl or cyclic N) is 1. The van der Waals surface area contributed by atoms with Gasteiger partial charge in [0, 0.05) is 24.4 Å². The van der Waals surface area contributed by atoms with Crippen molar-refractivity contribution in [3.05, 3.63) is 65.6 Å². The van der Waals surface area contributed by atoms with Crippen LogP contribution in [0.3, 0.4) is 0 Å². The molecule has 0 aliphatic carbocycles. The Bertz CT molecular complexity index is 1190. The van der Waals surface area contributed by atoms with Crippen molar-refractivity contribution in [2.75, 3.05) is 13.1 Å². The maximum Gasteiger partial charge on any atom is 0.273 e. The van der Waals surface area contributed by atoms with Crippen LogP contribution in [-0.4, -0.2) is 56.8 Å². The zero-order valence-corrected chi connectivity index (χ0v) is 20.0. The van der Waals surface area contributed by atoms with Gasteiger partial charge in [0.1, 0.15) is 11.9 Å². The summed E-state index contributed by atoms with van der Waals surface area (Å²) in [6.45, 7) is 8.70. The van der Waals surface area contributed by atoms with Crippen molar-refractivity contribution in [2.45, 2.75) is 46.4 Å². The number of fused-ring (bicyclic) bond motifs is 1. The van der Waals surface area contributed by atoms with Gasteiger partial charge in [-0.1, -0.05) is 58.0 Å². The summed E-state index contributed by atoms with van der Waals surface area (Å²) in [7, 11) is 0. The molecule has 1 aliphatic heterocycles. The largest absolute Gasteiger partial charge is 0.391 e. The Morgan fingerprint density at radius 3 is 2.44 bits per heavy atom. The first kappa shape index (κ1) is 23.9. The van der Waals surface area contributed by atoms with Crippen molar-refractivity contribution >= 4 is 22.7 Å². The first-order valence-electron chi connectivity index (χ1n) is 11.5. The highest BCUT2D eigenvalue weighted by Gasteiger charge is 2.40. The number of benzene rings is 2. The van der Waals surface area contributed by atoms with Crippen LogP contribution in [0.1, 0.15) is 43.7 Å². The molecule has 3 atom stereocenters. The number of hydrogen-bond donors (Lipinski definition) is 2. The standard InChI is InChI=1S/C26H31FN4O3/c1-16-13-30(15-21(16)32)25(34)23(26(2,3)4)28-24(33)22-19-7-5-6-8-20(19)31(29-22)14-17-9-11-18(27)12-10-17/h5-12,16,21,23,32H,13-15H2,1-4H3,(H,28,33). The average Bonchev–Trinajstić information content (AvgIpc) is 3.32. The van der Waals surface area contributed by atoms with Crippen LogP contribution in [0.4, 0.5) is 4.39 Å². The first-order valence-corrected chi connectivity index (χ1v) is 11.5. The van der Waals surface area contributed by atoms with E-state index in [4.69, 9.17) is 0 Å². The lowest BCUT2D eigenvalue weighted by molar-refractivity contribution is -0.135. The predicted molar refractivity (Wildman–Crippen MR) is 128 cm³/mol. The van der Waals surface area contributed by atoms with Gasteiger partial charge in [-0.05, 0) is 29.2 Å². The third-order valence-corrected chi connectivity index (χ3v) is 6.39. The first-order chi connectivity index (χ1) is 16.0. The van der Waals surface area contributed by atoms with E-state index in [2.05, 4.69) is 10.4 Å². The Labute approximate surface area is 198 Å². The summed E-state index contributed by atoms with van der Waals surface area (Å²) in [4.78, 5) is 28.4. The molecule has 0 spiro atoms. The number of para-hydroxylation sites is 1. The quantitative estimate of drug-likeness (QED) is 0.605. The fourth-order valence-corrected chi connectivity index (χ4v) is 4.34. The monoisotopic (exact) mass is 466 g/mol. The lowest BCUT2D eigenvalue weighted by atomic mass is 9.85. The normalized spacial score (nSPS) is 19.4. The summed E-state index contributed by atoms with van der Waals surface area (Å²) in [6, 6.07) is 12.8. The SMILES string of the molecule is CC1CN(C(=O)C(NC(=O)c2nn(Cc3ccc(F)cc3)c3ccccc23)C(C)(C)C)CC1O. The third-order valence-electron chi connectivity index (χ3n) is 6.39. The smallest absolute Gasteiger partial charge is 0.273 e. The van der Waals surface area contributed by atoms with E-state index in [9.17, 15) is 19.1 Å². The maximum atomic E-state index is 13.4. The number of aliphatic hydroxyl groups excluding tert-OH is 1. The van der Waals surface area contributed by atoms with Crippen LogP contribution in [0.15, 0.2) is 48.5 Å². The molecule has 0 bridgehead atoms. The summed E-state index contributed by atoms with van der Waals surface area (Å²) >= 11 is 0. The van der Waals surface area contributed by atoms with E-state index in [-0.39, 0.29) is 29.9 Å². The van der Waals surface area contributed by atoms with Crippen LogP contribution in [0.5, 0.6) is 0 Å². The lowest BCUT2D eigenvalue weighted by Gasteiger charge is -2.33. The molecule has 1 saturated heterocycles. The highest BCUT2D eigenvalue weighted by Crippen LogP contribution is 2.26. The number of hydrogen-bond acceptors (Lipinski definition) is 4. The number of nitrogens with one attached hydrogen (secondary N) is 1. The van der Waals surface area contributed by atoms with E-state index >= 15 is 0 Å². The second-order valence-electron chi connectivity index (χ2n) is 10.2. The second kappa shape index (κ2) is 9.18. The van der Waals surface area contributed by atoms with E-state index in [1.54, 1.807) is 21.7 Å². The number of carbonyl (C=O) groups excluding carboxylic acids is 2. The minimum Gasteiger partial charge on any atom is -0.391 e. The maximum absolute atomic E-state index is 13.4. The molecular weight excluding hydrogens is 435 g/mol. The highest BCUT2D eigenvalue weighted by atomic mass is 19.1. The lowest BCUT2D eigenvalue weighted by Crippen LogP contribution is -2.54. The molecule has 2 heterocycles. The summed E-state index contributed by atoms with van der Waals surface area (Å²) in [5.74, 6) is -0.965. The van der Waals surface area contributed by atoms with Crippen molar-refractivity contribution in [3.63, 3.8) is 0 Å². The van der Waals surface area contributed by atoms with Gasteiger partial charge in [0.05, 0.1) is 18.2 Å². The molecule has 1 aromatic heterocycles. The van der Waals surface area contributed by atoms with Gasteiger partial charge in [-0.15, -0.1) is 0 Å². The van der Waals surface area contributed by atoms with Crippen LogP contribution in [0.2, 0.25) is 0 Å². The van der Waals surface area contributed by atoms with Crippen LogP contribution in [0, 0.1) is 17.2 Å². The third kappa shape index (κ3) is 4.82. The van der Waals surface area contributed by atoms with Crippen molar-refractivity contribution in [2.24, 2.45) is 11.3 Å². The molecule has 0 radical (unpaired) electrons. The molecule has 1 fully saturated rings. The van der Waals surface area contributed by atoms with Crippen molar-refractivity contribution in [3.8, 4) is 0 Å². The molecule has 1 aliphatic rings. The van der Waals surface area contributed by atoms with Gasteiger partial charge in [0.25, 0.3) is 5.91 Å². The van der Waals surface area contributed by atoms with Crippen LogP contribution in [0.25, 0.3) is 10.9 Å². The molecular formula is C26H31FN4O3. The molecule has 3 unspecified atom stereocenters. The van der Waals surface area contributed by atoms with E-state index in [0.29, 0.717) is 18.5 Å². The molecule has 34 heavy (non-hydrogen) atoms. The van der Waals surface area contributed by atoms with Gasteiger partial charge in [0.15, 0.2) is 5.69 Å². The van der Waals surface area contributed by atoms with Gasteiger partial charge in [-0.25, -0.2) is 4.39 Å². The Morgan fingerprint density at radius 2 is 1.82 bits per heavy atom. The van der Waals surface area contributed by atoms with E-state index in [1.165, 1.54) is 12.1 Å². The fourth-order valence-electron chi connectivity index (χ4n) is 4.34. The number of carbonyl (C=O) groups is 2. The van der Waals surface area contributed by atoms with E-state index in [1.807, 2.05) is 52.0 Å². The number of halogens is 1. The Kier molecular flexibility index (Phi) is 6.45. The minimum atomic E-state index is -0.779. The van der Waals surface area contributed by atoms with E-state index in [0.717, 1.165) is 11.1 Å². The highest BCUT2D eigenvalue weighted by molar-refractivity contribution is 6.06. The minimum absolute atomic E-state index is 0.00799. The molecule has 7 nitrogen and oxygen atoms in total. The van der Waals surface area contributed by atoms with Gasteiger partial charge < -0.3 is 15.3 Å². The number of aromatic nitrogens is 2. The number of nitrogens with zero attached hydrogens (tertiary/aromatic N) is 3. The summed E-state index contributed by atoms with van der Waals surface area (Å²) in [5.41, 5.74) is 1.31. The van der Waals surface area contributed by atoms with Crippen molar-refractivity contribution < 1.29 is 19.1 Å². The number of aliphatic hydroxyl groups is 1. The summed E-state index contributed by atoms with van der Waals surface area (Å²) in [6.07, 6.45) is -0.564. The topological polar surface area (TPSA) is 87.5 Å². The molecule has 180 valence electrons. The Hall–Kier alpha value is -3.26. The Balaban J connectivity index is 1.62. The van der Waals surface area contributed by atoms with E-state index < -0.39 is 23.5 Å². The number of likely N-dealkylation sites (tertiary alicyclic amines) is 1. The molecule has 4 rings (SSSR count). The molecule has 2 amide bonds. The zero-order valence-electron chi connectivity index (χ0n) is 20.0. The van der Waals surface area contributed by atoms with Crippen molar-refractivity contribution in [1.29, 1.82) is 0 Å². The van der Waals surface area contributed by atoms with Crippen LogP contribution >= 0.6 is 0 Å². The fraction of sp³-hybridized carbons (Fsp3) is 0.423. The van der Waals surface area contributed by atoms with Crippen LogP contribution < -0.4 is 5.32 Å². The average molecular weight is 467 g/mol. The van der Waals surface area contributed by atoms with Gasteiger partial charge in [0.2, 0.25) is 5.91 Å². The predicted octanol–water partition coefficient (Wildman–Crippen LogP) is 3.21. The summed E-state index contributed by atoms with van der Waals surface area (Å²) < 4.78 is 15.0. The number of amides is 2. The molecule has 2 N–H and O–H groups in total. The zero-order chi connectivity index (χ0) is 24.6.